The fraction of sp³-hybridized carbons (Fsp3) is 0.316. The summed E-state index contributed by atoms with van der Waals surface area (Å²) < 4.78 is 19.9. The zero-order valence-electron chi connectivity index (χ0n) is 14.1. The number of hydrogen-bond acceptors (Lipinski definition) is 3. The maximum atomic E-state index is 14.5. The molecule has 0 aliphatic carbocycles. The number of rotatable bonds is 5. The number of nitrogens with one attached hydrogen (secondary N) is 2. The van der Waals surface area contributed by atoms with Gasteiger partial charge >= 0.3 is 0 Å². The largest absolute Gasteiger partial charge is 0.494 e. The van der Waals surface area contributed by atoms with Crippen LogP contribution in [0.3, 0.4) is 0 Å². The molecule has 1 amide bonds. The van der Waals surface area contributed by atoms with Gasteiger partial charge in [0, 0.05) is 6.54 Å². The number of halogens is 2. The molecule has 0 spiro atoms. The Hall–Kier alpha value is -2.11. The molecular weight excluding hydrogens is 343 g/mol. The summed E-state index contributed by atoms with van der Waals surface area (Å²) in [6.45, 7) is 3.96. The van der Waals surface area contributed by atoms with E-state index in [2.05, 4.69) is 10.6 Å². The molecule has 3 rings (SSSR count). The first kappa shape index (κ1) is 19.2. The summed E-state index contributed by atoms with van der Waals surface area (Å²) in [6, 6.07) is 10.9. The number of carbonyl (C=O) groups is 1. The molecule has 2 N–H and O–H groups in total. The van der Waals surface area contributed by atoms with E-state index in [0.29, 0.717) is 25.1 Å². The molecule has 0 radical (unpaired) electrons. The highest BCUT2D eigenvalue weighted by Gasteiger charge is 2.17. The monoisotopic (exact) mass is 364 g/mol. The van der Waals surface area contributed by atoms with Gasteiger partial charge in [0.05, 0.1) is 18.7 Å². The Kier molecular flexibility index (Phi) is 6.79. The zero-order valence-corrected chi connectivity index (χ0v) is 14.9. The van der Waals surface area contributed by atoms with Crippen molar-refractivity contribution in [1.82, 2.24) is 5.32 Å². The van der Waals surface area contributed by atoms with Crippen molar-refractivity contribution in [3.8, 4) is 5.75 Å². The Morgan fingerprint density at radius 1 is 1.24 bits per heavy atom. The Morgan fingerprint density at radius 2 is 2.00 bits per heavy atom. The molecule has 0 unspecified atom stereocenters. The SMILES string of the molecule is CCOc1ccc(CC(=O)Nc2ccc3c(c2F)CCNC3)cc1.Cl. The average molecular weight is 365 g/mol. The molecule has 0 bridgehead atoms. The van der Waals surface area contributed by atoms with Crippen LogP contribution in [0.25, 0.3) is 0 Å². The van der Waals surface area contributed by atoms with Crippen LogP contribution in [0, 0.1) is 5.82 Å². The molecule has 1 heterocycles. The van der Waals surface area contributed by atoms with Crippen molar-refractivity contribution in [3.63, 3.8) is 0 Å². The van der Waals surface area contributed by atoms with E-state index in [1.807, 2.05) is 37.3 Å². The quantitative estimate of drug-likeness (QED) is 0.854. The summed E-state index contributed by atoms with van der Waals surface area (Å²) in [5.41, 5.74) is 2.78. The molecule has 6 heteroatoms. The second-order valence-electron chi connectivity index (χ2n) is 5.79. The summed E-state index contributed by atoms with van der Waals surface area (Å²) in [5.74, 6) is 0.233. The van der Waals surface area contributed by atoms with Gasteiger partial charge in [0.1, 0.15) is 11.6 Å². The predicted molar refractivity (Wildman–Crippen MR) is 99.0 cm³/mol. The molecule has 2 aromatic carbocycles. The van der Waals surface area contributed by atoms with E-state index < -0.39 is 0 Å². The van der Waals surface area contributed by atoms with Crippen LogP contribution in [0.2, 0.25) is 0 Å². The highest BCUT2D eigenvalue weighted by atomic mass is 35.5. The lowest BCUT2D eigenvalue weighted by Gasteiger charge is -2.19. The van der Waals surface area contributed by atoms with Gasteiger partial charge in [-0.15, -0.1) is 12.4 Å². The average Bonchev–Trinajstić information content (AvgIpc) is 2.60. The van der Waals surface area contributed by atoms with Gasteiger partial charge in [-0.2, -0.15) is 0 Å². The van der Waals surface area contributed by atoms with Crippen molar-refractivity contribution in [1.29, 1.82) is 0 Å². The van der Waals surface area contributed by atoms with Crippen molar-refractivity contribution < 1.29 is 13.9 Å². The lowest BCUT2D eigenvalue weighted by molar-refractivity contribution is -0.115. The molecule has 1 aliphatic rings. The molecular formula is C19H22ClFN2O2. The van der Waals surface area contributed by atoms with Gasteiger partial charge in [-0.3, -0.25) is 4.79 Å². The normalized spacial score (nSPS) is 12.7. The minimum absolute atomic E-state index is 0. The van der Waals surface area contributed by atoms with E-state index in [1.54, 1.807) is 6.07 Å². The number of anilines is 1. The lowest BCUT2D eigenvalue weighted by Crippen LogP contribution is -2.25. The van der Waals surface area contributed by atoms with Crippen LogP contribution < -0.4 is 15.4 Å². The topological polar surface area (TPSA) is 50.4 Å². The standard InChI is InChI=1S/C19H21FN2O2.ClH/c1-2-24-15-6-3-13(4-7-15)11-18(23)22-17-8-5-14-12-21-10-9-16(14)19(17)20;/h3-8,21H,2,9-12H2,1H3,(H,22,23);1H. The number of carbonyl (C=O) groups excluding carboxylic acids is 1. The highest BCUT2D eigenvalue weighted by molar-refractivity contribution is 5.92. The first-order chi connectivity index (χ1) is 11.7. The van der Waals surface area contributed by atoms with E-state index in [4.69, 9.17) is 4.74 Å². The number of amides is 1. The number of hydrogen-bond donors (Lipinski definition) is 2. The first-order valence-corrected chi connectivity index (χ1v) is 8.20. The van der Waals surface area contributed by atoms with Gasteiger partial charge in [-0.05, 0) is 54.8 Å². The summed E-state index contributed by atoms with van der Waals surface area (Å²) >= 11 is 0. The van der Waals surface area contributed by atoms with Gasteiger partial charge in [-0.1, -0.05) is 18.2 Å². The smallest absolute Gasteiger partial charge is 0.228 e. The van der Waals surface area contributed by atoms with Crippen molar-refractivity contribution in [2.45, 2.75) is 26.3 Å². The molecule has 0 fully saturated rings. The third-order valence-electron chi connectivity index (χ3n) is 4.08. The molecule has 134 valence electrons. The van der Waals surface area contributed by atoms with Gasteiger partial charge in [0.15, 0.2) is 0 Å². The third-order valence-corrected chi connectivity index (χ3v) is 4.08. The van der Waals surface area contributed by atoms with E-state index in [9.17, 15) is 9.18 Å². The first-order valence-electron chi connectivity index (χ1n) is 8.20. The Balaban J connectivity index is 0.00000225. The van der Waals surface area contributed by atoms with Crippen LogP contribution in [-0.4, -0.2) is 19.1 Å². The molecule has 1 aliphatic heterocycles. The van der Waals surface area contributed by atoms with E-state index >= 15 is 0 Å². The Labute approximate surface area is 153 Å². The molecule has 0 saturated heterocycles. The van der Waals surface area contributed by atoms with Crippen molar-refractivity contribution >= 4 is 24.0 Å². The van der Waals surface area contributed by atoms with Crippen LogP contribution in [0.1, 0.15) is 23.6 Å². The molecule has 0 saturated carbocycles. The minimum Gasteiger partial charge on any atom is -0.494 e. The summed E-state index contributed by atoms with van der Waals surface area (Å²) in [4.78, 5) is 12.2. The van der Waals surface area contributed by atoms with Gasteiger partial charge in [0.25, 0.3) is 0 Å². The predicted octanol–water partition coefficient (Wildman–Crippen LogP) is 3.47. The molecule has 0 atom stereocenters. The molecule has 4 nitrogen and oxygen atoms in total. The molecule has 2 aromatic rings. The lowest BCUT2D eigenvalue weighted by atomic mass is 9.99. The third kappa shape index (κ3) is 4.71. The highest BCUT2D eigenvalue weighted by Crippen LogP contribution is 2.24. The maximum absolute atomic E-state index is 14.5. The molecule has 0 aromatic heterocycles. The van der Waals surface area contributed by atoms with Crippen molar-refractivity contribution in [3.05, 3.63) is 58.9 Å². The van der Waals surface area contributed by atoms with E-state index in [1.165, 1.54) is 0 Å². The van der Waals surface area contributed by atoms with Crippen LogP contribution in [0.15, 0.2) is 36.4 Å². The van der Waals surface area contributed by atoms with Crippen LogP contribution >= 0.6 is 12.4 Å². The second-order valence-corrected chi connectivity index (χ2v) is 5.79. The minimum atomic E-state index is -0.311. The van der Waals surface area contributed by atoms with Gasteiger partial charge in [0.2, 0.25) is 5.91 Å². The second kappa shape index (κ2) is 8.83. The fourth-order valence-electron chi connectivity index (χ4n) is 2.88. The van der Waals surface area contributed by atoms with Crippen LogP contribution in [0.4, 0.5) is 10.1 Å². The number of ether oxygens (including phenoxy) is 1. The van der Waals surface area contributed by atoms with Gasteiger partial charge in [-0.25, -0.2) is 4.39 Å². The number of fused-ring (bicyclic) bond motifs is 1. The van der Waals surface area contributed by atoms with E-state index in [-0.39, 0.29) is 36.2 Å². The van der Waals surface area contributed by atoms with Crippen molar-refractivity contribution in [2.75, 3.05) is 18.5 Å². The molecule has 25 heavy (non-hydrogen) atoms. The summed E-state index contributed by atoms with van der Waals surface area (Å²) in [5, 5.41) is 5.89. The number of benzene rings is 2. The maximum Gasteiger partial charge on any atom is 0.228 e. The fourth-order valence-corrected chi connectivity index (χ4v) is 2.88. The zero-order chi connectivity index (χ0) is 16.9. The summed E-state index contributed by atoms with van der Waals surface area (Å²) in [6.07, 6.45) is 0.842. The summed E-state index contributed by atoms with van der Waals surface area (Å²) in [7, 11) is 0. The van der Waals surface area contributed by atoms with Crippen LogP contribution in [-0.2, 0) is 24.2 Å². The van der Waals surface area contributed by atoms with Crippen LogP contribution in [0.5, 0.6) is 5.75 Å². The van der Waals surface area contributed by atoms with E-state index in [0.717, 1.165) is 23.4 Å². The van der Waals surface area contributed by atoms with Crippen molar-refractivity contribution in [2.24, 2.45) is 0 Å². The van der Waals surface area contributed by atoms with Gasteiger partial charge < -0.3 is 15.4 Å². The Bertz CT molecular complexity index is 735. The Morgan fingerprint density at radius 3 is 2.72 bits per heavy atom.